The summed E-state index contributed by atoms with van der Waals surface area (Å²) >= 11 is 0. The van der Waals surface area contributed by atoms with E-state index in [1.807, 2.05) is 10.7 Å². The van der Waals surface area contributed by atoms with Gasteiger partial charge >= 0.3 is 0 Å². The molecule has 2 fully saturated rings. The summed E-state index contributed by atoms with van der Waals surface area (Å²) < 4.78 is 1.93. The Bertz CT molecular complexity index is 641. The molecule has 4 rings (SSSR count). The highest BCUT2D eigenvalue weighted by Gasteiger charge is 2.25. The first-order valence-corrected chi connectivity index (χ1v) is 9.64. The Kier molecular flexibility index (Phi) is 5.37. The van der Waals surface area contributed by atoms with E-state index < -0.39 is 0 Å². The Morgan fingerprint density at radius 3 is 2.40 bits per heavy atom. The Balaban J connectivity index is 1.31. The van der Waals surface area contributed by atoms with Gasteiger partial charge in [0.25, 0.3) is 0 Å². The largest absolute Gasteiger partial charge is 0.298 e. The molecule has 1 aliphatic carbocycles. The fourth-order valence-electron chi connectivity index (χ4n) is 4.15. The molecule has 1 saturated heterocycles. The van der Waals surface area contributed by atoms with Gasteiger partial charge in [-0.05, 0) is 28.8 Å². The van der Waals surface area contributed by atoms with E-state index in [0.29, 0.717) is 0 Å². The highest BCUT2D eigenvalue weighted by atomic mass is 15.5. The van der Waals surface area contributed by atoms with Gasteiger partial charge in [-0.15, -0.1) is 5.10 Å². The minimum atomic E-state index is 0.741. The highest BCUT2D eigenvalue weighted by Crippen LogP contribution is 2.23. The molecule has 2 heterocycles. The lowest BCUT2D eigenvalue weighted by atomic mass is 9.94. The van der Waals surface area contributed by atoms with E-state index in [9.17, 15) is 0 Å². The molecule has 0 radical (unpaired) electrons. The van der Waals surface area contributed by atoms with Crippen molar-refractivity contribution in [2.45, 2.75) is 51.2 Å². The average molecular weight is 340 g/mol. The molecule has 25 heavy (non-hydrogen) atoms. The molecular weight excluding hydrogens is 312 g/mol. The molecule has 0 unspecified atom stereocenters. The van der Waals surface area contributed by atoms with Crippen LogP contribution < -0.4 is 0 Å². The van der Waals surface area contributed by atoms with Gasteiger partial charge in [0.2, 0.25) is 0 Å². The van der Waals surface area contributed by atoms with Gasteiger partial charge < -0.3 is 0 Å². The lowest BCUT2D eigenvalue weighted by Gasteiger charge is -2.40. The zero-order valence-electron chi connectivity index (χ0n) is 14.9. The molecule has 134 valence electrons. The molecule has 1 saturated carbocycles. The number of tetrazole rings is 1. The maximum absolute atomic E-state index is 4.26. The summed E-state index contributed by atoms with van der Waals surface area (Å²) in [5.74, 6) is 0.968. The normalized spacial score (nSPS) is 20.8. The highest BCUT2D eigenvalue weighted by molar-refractivity contribution is 5.14. The van der Waals surface area contributed by atoms with Crippen molar-refractivity contribution < 1.29 is 0 Å². The first-order valence-electron chi connectivity index (χ1n) is 9.64. The zero-order chi connectivity index (χ0) is 16.9. The van der Waals surface area contributed by atoms with Crippen molar-refractivity contribution in [2.75, 3.05) is 26.2 Å². The molecule has 6 nitrogen and oxygen atoms in total. The summed E-state index contributed by atoms with van der Waals surface area (Å²) in [6.45, 7) is 6.20. The molecule has 1 aromatic carbocycles. The second kappa shape index (κ2) is 8.06. The fraction of sp³-hybridized carbons (Fsp3) is 0.632. The molecule has 2 aromatic rings. The van der Waals surface area contributed by atoms with Gasteiger partial charge in [0.1, 0.15) is 0 Å². The van der Waals surface area contributed by atoms with Gasteiger partial charge in [-0.3, -0.25) is 9.80 Å². The average Bonchev–Trinajstić information content (AvgIpc) is 3.10. The van der Waals surface area contributed by atoms with Gasteiger partial charge in [-0.25, -0.2) is 4.68 Å². The van der Waals surface area contributed by atoms with Crippen LogP contribution in [0.5, 0.6) is 0 Å². The first kappa shape index (κ1) is 16.7. The monoisotopic (exact) mass is 340 g/mol. The van der Waals surface area contributed by atoms with E-state index in [4.69, 9.17) is 0 Å². The third-order valence-corrected chi connectivity index (χ3v) is 5.64. The van der Waals surface area contributed by atoms with Crippen molar-refractivity contribution in [3.63, 3.8) is 0 Å². The fourth-order valence-corrected chi connectivity index (χ4v) is 4.15. The summed E-state index contributed by atoms with van der Waals surface area (Å²) in [6.07, 6.45) is 7.06. The van der Waals surface area contributed by atoms with E-state index in [0.717, 1.165) is 38.0 Å². The zero-order valence-corrected chi connectivity index (χ0v) is 14.9. The Morgan fingerprint density at radius 2 is 1.64 bits per heavy atom. The smallest absolute Gasteiger partial charge is 0.165 e. The number of benzene rings is 1. The second-order valence-corrected chi connectivity index (χ2v) is 7.34. The maximum Gasteiger partial charge on any atom is 0.165 e. The van der Waals surface area contributed by atoms with E-state index in [2.05, 4.69) is 49.6 Å². The summed E-state index contributed by atoms with van der Waals surface area (Å²) in [5.41, 5.74) is 1.23. The molecule has 6 heteroatoms. The van der Waals surface area contributed by atoms with Crippen LogP contribution in [0.3, 0.4) is 0 Å². The third kappa shape index (κ3) is 4.25. The molecule has 1 aromatic heterocycles. The number of nitrogens with zero attached hydrogens (tertiary/aromatic N) is 6. The molecule has 2 aliphatic rings. The summed E-state index contributed by atoms with van der Waals surface area (Å²) in [5, 5.41) is 12.3. The van der Waals surface area contributed by atoms with Gasteiger partial charge in [-0.1, -0.05) is 49.6 Å². The van der Waals surface area contributed by atoms with Crippen LogP contribution in [-0.2, 0) is 13.1 Å². The van der Waals surface area contributed by atoms with Crippen LogP contribution in [0.4, 0.5) is 0 Å². The number of aromatic nitrogens is 4. The Morgan fingerprint density at radius 1 is 0.880 bits per heavy atom. The van der Waals surface area contributed by atoms with E-state index in [-0.39, 0.29) is 0 Å². The molecule has 0 amide bonds. The predicted molar refractivity (Wildman–Crippen MR) is 97.1 cm³/mol. The van der Waals surface area contributed by atoms with Gasteiger partial charge in [0.05, 0.1) is 13.1 Å². The van der Waals surface area contributed by atoms with Crippen molar-refractivity contribution in [2.24, 2.45) is 0 Å². The molecule has 0 atom stereocenters. The van der Waals surface area contributed by atoms with Crippen molar-refractivity contribution >= 4 is 0 Å². The van der Waals surface area contributed by atoms with Crippen LogP contribution in [-0.4, -0.2) is 62.2 Å². The minimum Gasteiger partial charge on any atom is -0.298 e. The Labute approximate surface area is 149 Å². The van der Waals surface area contributed by atoms with E-state index in [1.54, 1.807) is 0 Å². The van der Waals surface area contributed by atoms with Crippen molar-refractivity contribution in [3.05, 3.63) is 41.7 Å². The SMILES string of the molecule is c1ccc(Cn2nnnc2CN2CCN(C3CCCCC3)CC2)cc1. The standard InChI is InChI=1S/C19H28N6/c1-3-7-17(8-4-1)15-25-19(20-21-22-25)16-23-11-13-24(14-12-23)18-9-5-2-6-10-18/h1,3-4,7-8,18H,2,5-6,9-16H2. The lowest BCUT2D eigenvalue weighted by Crippen LogP contribution is -2.50. The first-order chi connectivity index (χ1) is 12.4. The molecule has 0 N–H and O–H groups in total. The molecule has 1 aliphatic heterocycles. The van der Waals surface area contributed by atoms with Crippen LogP contribution >= 0.6 is 0 Å². The molecular formula is C19H28N6. The van der Waals surface area contributed by atoms with Gasteiger partial charge in [0.15, 0.2) is 5.82 Å². The summed E-state index contributed by atoms with van der Waals surface area (Å²) in [7, 11) is 0. The minimum absolute atomic E-state index is 0.741. The number of piperazine rings is 1. The van der Waals surface area contributed by atoms with Gasteiger partial charge in [0, 0.05) is 32.2 Å². The van der Waals surface area contributed by atoms with Crippen LogP contribution in [0.25, 0.3) is 0 Å². The number of rotatable bonds is 5. The van der Waals surface area contributed by atoms with Crippen LogP contribution in [0, 0.1) is 0 Å². The topological polar surface area (TPSA) is 50.1 Å². The maximum atomic E-state index is 4.26. The quantitative estimate of drug-likeness (QED) is 0.835. The van der Waals surface area contributed by atoms with Crippen molar-refractivity contribution in [3.8, 4) is 0 Å². The van der Waals surface area contributed by atoms with E-state index in [1.165, 1.54) is 50.8 Å². The summed E-state index contributed by atoms with van der Waals surface area (Å²) in [6, 6.07) is 11.2. The van der Waals surface area contributed by atoms with Crippen molar-refractivity contribution in [1.82, 2.24) is 30.0 Å². The molecule has 0 bridgehead atoms. The van der Waals surface area contributed by atoms with Gasteiger partial charge in [-0.2, -0.15) is 0 Å². The van der Waals surface area contributed by atoms with Crippen LogP contribution in [0.2, 0.25) is 0 Å². The predicted octanol–water partition coefficient (Wildman–Crippen LogP) is 2.17. The third-order valence-electron chi connectivity index (χ3n) is 5.64. The lowest BCUT2D eigenvalue weighted by molar-refractivity contribution is 0.0736. The Hall–Kier alpha value is -1.79. The van der Waals surface area contributed by atoms with Crippen LogP contribution in [0.1, 0.15) is 43.5 Å². The number of hydrogen-bond acceptors (Lipinski definition) is 5. The summed E-state index contributed by atoms with van der Waals surface area (Å²) in [4.78, 5) is 5.20. The van der Waals surface area contributed by atoms with E-state index >= 15 is 0 Å². The van der Waals surface area contributed by atoms with Crippen LogP contribution in [0.15, 0.2) is 30.3 Å². The van der Waals surface area contributed by atoms with Crippen molar-refractivity contribution in [1.29, 1.82) is 0 Å². The second-order valence-electron chi connectivity index (χ2n) is 7.34. The number of hydrogen-bond donors (Lipinski definition) is 0. The molecule has 0 spiro atoms.